The topological polar surface area (TPSA) is 42.0 Å². The van der Waals surface area contributed by atoms with Crippen molar-refractivity contribution in [2.45, 2.75) is 38.6 Å². The number of benzene rings is 2. The minimum absolute atomic E-state index is 0.000526. The van der Waals surface area contributed by atoms with Crippen LogP contribution in [-0.2, 0) is 16.7 Å². The highest BCUT2D eigenvalue weighted by atomic mass is 16.6. The molecule has 0 aliphatic carbocycles. The monoisotopic (exact) mass is 408 g/mol. The molecule has 0 atom stereocenters. The molecule has 2 aliphatic heterocycles. The fraction of sp³-hybridized carbons (Fsp3) is 0.480. The number of anilines is 1. The van der Waals surface area contributed by atoms with Crippen LogP contribution in [-0.4, -0.2) is 44.3 Å². The van der Waals surface area contributed by atoms with Crippen molar-refractivity contribution >= 4 is 11.8 Å². The highest BCUT2D eigenvalue weighted by Crippen LogP contribution is 2.42. The van der Waals surface area contributed by atoms with Gasteiger partial charge in [0.05, 0.1) is 0 Å². The molecule has 0 bridgehead atoms. The van der Waals surface area contributed by atoms with Crippen LogP contribution in [0.15, 0.2) is 48.5 Å². The van der Waals surface area contributed by atoms with Crippen LogP contribution >= 0.6 is 0 Å². The number of hydrogen-bond acceptors (Lipinski definition) is 4. The summed E-state index contributed by atoms with van der Waals surface area (Å²) in [7, 11) is 1.82. The Hall–Kier alpha value is -2.53. The van der Waals surface area contributed by atoms with Gasteiger partial charge in [0.15, 0.2) is 0 Å². The van der Waals surface area contributed by atoms with Gasteiger partial charge in [-0.2, -0.15) is 0 Å². The molecule has 2 aliphatic rings. The molecule has 4 rings (SSSR count). The van der Waals surface area contributed by atoms with E-state index in [0.29, 0.717) is 18.2 Å². The van der Waals surface area contributed by atoms with Crippen LogP contribution < -0.4 is 9.64 Å². The van der Waals surface area contributed by atoms with E-state index in [-0.39, 0.29) is 11.5 Å². The average molecular weight is 409 g/mol. The van der Waals surface area contributed by atoms with Crippen molar-refractivity contribution in [2.75, 3.05) is 38.3 Å². The second-order valence-electron chi connectivity index (χ2n) is 9.21. The summed E-state index contributed by atoms with van der Waals surface area (Å²) in [4.78, 5) is 16.7. The Balaban J connectivity index is 1.44. The van der Waals surface area contributed by atoms with Crippen molar-refractivity contribution in [1.29, 1.82) is 0 Å². The zero-order valence-electron chi connectivity index (χ0n) is 18.3. The van der Waals surface area contributed by atoms with Gasteiger partial charge in [-0.05, 0) is 48.1 Å². The molecule has 30 heavy (non-hydrogen) atoms. The van der Waals surface area contributed by atoms with E-state index in [0.717, 1.165) is 39.1 Å². The van der Waals surface area contributed by atoms with Crippen LogP contribution in [0.1, 0.15) is 37.8 Å². The van der Waals surface area contributed by atoms with Crippen molar-refractivity contribution in [3.8, 4) is 5.75 Å². The number of hydrogen-bond donors (Lipinski definition) is 0. The summed E-state index contributed by atoms with van der Waals surface area (Å²) in [5.74, 6) is 1.11. The summed E-state index contributed by atoms with van der Waals surface area (Å²) in [5.41, 5.74) is 3.75. The van der Waals surface area contributed by atoms with E-state index in [1.807, 2.05) is 25.2 Å². The van der Waals surface area contributed by atoms with Crippen molar-refractivity contribution in [3.05, 3.63) is 59.7 Å². The molecule has 5 nitrogen and oxygen atoms in total. The summed E-state index contributed by atoms with van der Waals surface area (Å²) in [6.45, 7) is 8.60. The van der Waals surface area contributed by atoms with E-state index < -0.39 is 0 Å². The second kappa shape index (κ2) is 8.68. The molecule has 0 spiro atoms. The minimum Gasteiger partial charge on any atom is -0.410 e. The van der Waals surface area contributed by atoms with Gasteiger partial charge in [-0.15, -0.1) is 0 Å². The lowest BCUT2D eigenvalue weighted by atomic mass is 9.87. The molecule has 0 radical (unpaired) electrons. The first-order chi connectivity index (χ1) is 14.4. The van der Waals surface area contributed by atoms with E-state index in [9.17, 15) is 4.79 Å². The summed E-state index contributed by atoms with van der Waals surface area (Å²) in [5, 5.41) is 0. The SMILES string of the molecule is CN(CC1CCOCC1)C(=O)Oc1ccc2c(c1)C(C)(C)CN2Cc1ccccc1. The molecular formula is C25H32N2O3. The van der Waals surface area contributed by atoms with Gasteiger partial charge in [-0.3, -0.25) is 0 Å². The first kappa shape index (κ1) is 20.7. The molecule has 1 amide bonds. The molecule has 160 valence electrons. The van der Waals surface area contributed by atoms with E-state index in [1.165, 1.54) is 16.8 Å². The summed E-state index contributed by atoms with van der Waals surface area (Å²) < 4.78 is 11.1. The fourth-order valence-electron chi connectivity index (χ4n) is 4.56. The number of amides is 1. The number of carbonyl (C=O) groups excluding carboxylic acids is 1. The first-order valence-electron chi connectivity index (χ1n) is 10.9. The Kier molecular flexibility index (Phi) is 6.00. The molecule has 1 fully saturated rings. The lowest BCUT2D eigenvalue weighted by molar-refractivity contribution is 0.0559. The van der Waals surface area contributed by atoms with Gasteiger partial charge in [-0.1, -0.05) is 44.2 Å². The average Bonchev–Trinajstić information content (AvgIpc) is 2.99. The molecule has 1 saturated heterocycles. The maximum absolute atomic E-state index is 12.6. The second-order valence-corrected chi connectivity index (χ2v) is 9.21. The summed E-state index contributed by atoms with van der Waals surface area (Å²) in [6.07, 6.45) is 1.71. The van der Waals surface area contributed by atoms with Crippen LogP contribution in [0.25, 0.3) is 0 Å². The van der Waals surface area contributed by atoms with Crippen molar-refractivity contribution in [1.82, 2.24) is 4.90 Å². The Morgan fingerprint density at radius 3 is 2.63 bits per heavy atom. The van der Waals surface area contributed by atoms with E-state index >= 15 is 0 Å². The maximum atomic E-state index is 12.6. The molecule has 0 aromatic heterocycles. The maximum Gasteiger partial charge on any atom is 0.414 e. The molecule has 0 N–H and O–H groups in total. The minimum atomic E-state index is -0.293. The third kappa shape index (κ3) is 4.62. The lowest BCUT2D eigenvalue weighted by Gasteiger charge is -2.26. The predicted molar refractivity (Wildman–Crippen MR) is 119 cm³/mol. The summed E-state index contributed by atoms with van der Waals surface area (Å²) >= 11 is 0. The van der Waals surface area contributed by atoms with Gasteiger partial charge >= 0.3 is 6.09 Å². The molecule has 2 aromatic carbocycles. The number of rotatable bonds is 5. The van der Waals surface area contributed by atoms with Crippen molar-refractivity contribution < 1.29 is 14.3 Å². The zero-order chi connectivity index (χ0) is 21.1. The third-order valence-electron chi connectivity index (χ3n) is 6.23. The quantitative estimate of drug-likeness (QED) is 0.710. The number of carbonyl (C=O) groups is 1. The van der Waals surface area contributed by atoms with Gasteiger partial charge in [0, 0.05) is 51.0 Å². The van der Waals surface area contributed by atoms with Gasteiger partial charge in [0.1, 0.15) is 5.75 Å². The van der Waals surface area contributed by atoms with Crippen LogP contribution in [0, 0.1) is 5.92 Å². The van der Waals surface area contributed by atoms with E-state index in [2.05, 4.69) is 49.1 Å². The number of nitrogens with zero attached hydrogens (tertiary/aromatic N) is 2. The Bertz CT molecular complexity index is 875. The molecule has 2 heterocycles. The van der Waals surface area contributed by atoms with Crippen LogP contribution in [0.3, 0.4) is 0 Å². The van der Waals surface area contributed by atoms with Crippen molar-refractivity contribution in [3.63, 3.8) is 0 Å². The van der Waals surface area contributed by atoms with Crippen molar-refractivity contribution in [2.24, 2.45) is 5.92 Å². The first-order valence-corrected chi connectivity index (χ1v) is 10.9. The summed E-state index contributed by atoms with van der Waals surface area (Å²) in [6, 6.07) is 16.6. The van der Waals surface area contributed by atoms with Gasteiger partial charge in [0.2, 0.25) is 0 Å². The van der Waals surface area contributed by atoms with Gasteiger partial charge < -0.3 is 19.3 Å². The molecule has 2 aromatic rings. The Morgan fingerprint density at radius 2 is 1.90 bits per heavy atom. The largest absolute Gasteiger partial charge is 0.414 e. The normalized spacial score (nSPS) is 18.2. The Morgan fingerprint density at radius 1 is 1.17 bits per heavy atom. The number of ether oxygens (including phenoxy) is 2. The van der Waals surface area contributed by atoms with Crippen LogP contribution in [0.2, 0.25) is 0 Å². The van der Waals surface area contributed by atoms with E-state index in [1.54, 1.807) is 4.90 Å². The highest BCUT2D eigenvalue weighted by Gasteiger charge is 2.35. The van der Waals surface area contributed by atoms with Crippen LogP contribution in [0.4, 0.5) is 10.5 Å². The fourth-order valence-corrected chi connectivity index (χ4v) is 4.56. The predicted octanol–water partition coefficient (Wildman–Crippen LogP) is 4.84. The Labute approximate surface area is 179 Å². The van der Waals surface area contributed by atoms with Crippen LogP contribution in [0.5, 0.6) is 5.75 Å². The smallest absolute Gasteiger partial charge is 0.410 e. The molecule has 5 heteroatoms. The molecule has 0 unspecified atom stereocenters. The third-order valence-corrected chi connectivity index (χ3v) is 6.23. The van der Waals surface area contributed by atoms with E-state index in [4.69, 9.17) is 9.47 Å². The molecular weight excluding hydrogens is 376 g/mol. The van der Waals surface area contributed by atoms with Gasteiger partial charge in [0.25, 0.3) is 0 Å². The standard InChI is InChI=1S/C25H32N2O3/c1-25(2)18-27(17-19-7-5-4-6-8-19)23-10-9-21(15-22(23)25)30-24(28)26(3)16-20-11-13-29-14-12-20/h4-10,15,20H,11-14,16-18H2,1-3H3. The van der Waals surface area contributed by atoms with Gasteiger partial charge in [-0.25, -0.2) is 4.79 Å². The number of fused-ring (bicyclic) bond motifs is 1. The zero-order valence-corrected chi connectivity index (χ0v) is 18.3. The lowest BCUT2D eigenvalue weighted by Crippen LogP contribution is -2.36. The highest BCUT2D eigenvalue weighted by molar-refractivity contribution is 5.72. The molecule has 0 saturated carbocycles.